The summed E-state index contributed by atoms with van der Waals surface area (Å²) in [6.07, 6.45) is 1.80. The summed E-state index contributed by atoms with van der Waals surface area (Å²) in [7, 11) is 1.94. The first-order chi connectivity index (χ1) is 13.9. The Morgan fingerprint density at radius 2 is 1.83 bits per heavy atom. The van der Waals surface area contributed by atoms with E-state index < -0.39 is 0 Å². The van der Waals surface area contributed by atoms with E-state index in [2.05, 4.69) is 13.8 Å². The molecular weight excluding hydrogens is 369 g/mol. The van der Waals surface area contributed by atoms with Crippen molar-refractivity contribution in [3.8, 4) is 11.3 Å². The van der Waals surface area contributed by atoms with Gasteiger partial charge in [-0.1, -0.05) is 13.3 Å². The van der Waals surface area contributed by atoms with Crippen LogP contribution >= 0.6 is 0 Å². The number of hydrogen-bond acceptors (Lipinski definition) is 5. The highest BCUT2D eigenvalue weighted by Gasteiger charge is 2.18. The molecule has 0 bridgehead atoms. The van der Waals surface area contributed by atoms with Gasteiger partial charge in [0.1, 0.15) is 11.5 Å². The number of aromatic nitrogens is 2. The molecule has 0 spiro atoms. The zero-order valence-corrected chi connectivity index (χ0v) is 17.3. The van der Waals surface area contributed by atoms with Crippen molar-refractivity contribution in [2.45, 2.75) is 39.7 Å². The first-order valence-corrected chi connectivity index (χ1v) is 9.88. The van der Waals surface area contributed by atoms with Crippen LogP contribution in [-0.2, 0) is 4.74 Å². The van der Waals surface area contributed by atoms with E-state index in [-0.39, 0.29) is 17.8 Å². The van der Waals surface area contributed by atoms with Gasteiger partial charge in [0.05, 0.1) is 23.2 Å². The highest BCUT2D eigenvalue weighted by Crippen LogP contribution is 2.30. The Bertz CT molecular complexity index is 1000. The van der Waals surface area contributed by atoms with Crippen molar-refractivity contribution < 1.29 is 13.9 Å². The lowest BCUT2D eigenvalue weighted by atomic mass is 10.1. The van der Waals surface area contributed by atoms with Crippen LogP contribution in [0.25, 0.3) is 22.3 Å². The summed E-state index contributed by atoms with van der Waals surface area (Å²) in [5.41, 5.74) is 3.19. The Hall–Kier alpha value is -3.02. The second-order valence-corrected chi connectivity index (χ2v) is 7.30. The Morgan fingerprint density at radius 3 is 2.48 bits per heavy atom. The van der Waals surface area contributed by atoms with Gasteiger partial charge in [-0.3, -0.25) is 0 Å². The Balaban J connectivity index is 2.07. The minimum atomic E-state index is -0.358. The largest absolute Gasteiger partial charge is 0.462 e. The van der Waals surface area contributed by atoms with Crippen molar-refractivity contribution in [2.24, 2.45) is 0 Å². The molecule has 0 unspecified atom stereocenters. The standard InChI is InChI=1S/C23H26FN3O2/c1-5-6-13-29-23(28)17-9-12-19-20(14-17)26-22(27(4)15(2)3)21(25-19)16-7-10-18(24)11-8-16/h7-12,14-15H,5-6,13H2,1-4H3. The number of ether oxygens (including phenoxy) is 1. The second kappa shape index (κ2) is 8.99. The molecule has 29 heavy (non-hydrogen) atoms. The maximum atomic E-state index is 13.4. The molecule has 0 amide bonds. The number of fused-ring (bicyclic) bond motifs is 1. The molecule has 0 N–H and O–H groups in total. The quantitative estimate of drug-likeness (QED) is 0.405. The predicted molar refractivity (Wildman–Crippen MR) is 114 cm³/mol. The maximum absolute atomic E-state index is 13.4. The number of rotatable bonds is 7. The number of carbonyl (C=O) groups is 1. The average molecular weight is 395 g/mol. The van der Waals surface area contributed by atoms with Gasteiger partial charge in [-0.05, 0) is 62.7 Å². The summed E-state index contributed by atoms with van der Waals surface area (Å²) >= 11 is 0. The van der Waals surface area contributed by atoms with Crippen LogP contribution in [0.3, 0.4) is 0 Å². The minimum absolute atomic E-state index is 0.183. The van der Waals surface area contributed by atoms with Crippen LogP contribution in [0.1, 0.15) is 44.0 Å². The zero-order valence-electron chi connectivity index (χ0n) is 17.3. The molecular formula is C23H26FN3O2. The third-order valence-corrected chi connectivity index (χ3v) is 4.84. The summed E-state index contributed by atoms with van der Waals surface area (Å²) in [4.78, 5) is 23.9. The van der Waals surface area contributed by atoms with Crippen molar-refractivity contribution in [1.29, 1.82) is 0 Å². The number of unbranched alkanes of at least 4 members (excludes halogenated alkanes) is 1. The van der Waals surface area contributed by atoms with Gasteiger partial charge >= 0.3 is 5.97 Å². The topological polar surface area (TPSA) is 55.3 Å². The fourth-order valence-electron chi connectivity index (χ4n) is 2.86. The third kappa shape index (κ3) is 4.70. The molecule has 0 radical (unpaired) electrons. The first kappa shape index (κ1) is 20.7. The molecule has 152 valence electrons. The van der Waals surface area contributed by atoms with Crippen LogP contribution in [0, 0.1) is 5.82 Å². The highest BCUT2D eigenvalue weighted by molar-refractivity contribution is 5.94. The second-order valence-electron chi connectivity index (χ2n) is 7.30. The minimum Gasteiger partial charge on any atom is -0.462 e. The van der Waals surface area contributed by atoms with E-state index in [0.717, 1.165) is 18.4 Å². The van der Waals surface area contributed by atoms with Gasteiger partial charge in [-0.15, -0.1) is 0 Å². The van der Waals surface area contributed by atoms with Crippen molar-refractivity contribution in [1.82, 2.24) is 9.97 Å². The lowest BCUT2D eigenvalue weighted by molar-refractivity contribution is 0.0500. The van der Waals surface area contributed by atoms with Crippen LogP contribution in [-0.4, -0.2) is 35.6 Å². The van der Waals surface area contributed by atoms with Crippen LogP contribution < -0.4 is 4.90 Å². The van der Waals surface area contributed by atoms with Gasteiger partial charge in [0, 0.05) is 18.7 Å². The molecule has 0 aliphatic rings. The molecule has 0 atom stereocenters. The van der Waals surface area contributed by atoms with E-state index in [0.29, 0.717) is 34.7 Å². The third-order valence-electron chi connectivity index (χ3n) is 4.84. The fraction of sp³-hybridized carbons (Fsp3) is 0.348. The summed E-state index contributed by atoms with van der Waals surface area (Å²) in [6, 6.07) is 11.6. The van der Waals surface area contributed by atoms with E-state index in [1.807, 2.05) is 18.9 Å². The fourth-order valence-corrected chi connectivity index (χ4v) is 2.86. The monoisotopic (exact) mass is 395 g/mol. The van der Waals surface area contributed by atoms with Gasteiger partial charge in [0.25, 0.3) is 0 Å². The van der Waals surface area contributed by atoms with Gasteiger partial charge in [0.2, 0.25) is 0 Å². The van der Waals surface area contributed by atoms with Crippen molar-refractivity contribution >= 4 is 22.8 Å². The zero-order chi connectivity index (χ0) is 21.0. The number of esters is 1. The molecule has 1 heterocycles. The summed E-state index contributed by atoms with van der Waals surface area (Å²) < 4.78 is 18.7. The van der Waals surface area contributed by atoms with E-state index in [1.165, 1.54) is 12.1 Å². The number of hydrogen-bond donors (Lipinski definition) is 0. The summed E-state index contributed by atoms with van der Waals surface area (Å²) in [6.45, 7) is 6.57. The van der Waals surface area contributed by atoms with Gasteiger partial charge in [0.15, 0.2) is 5.82 Å². The van der Waals surface area contributed by atoms with Crippen molar-refractivity contribution in [3.05, 3.63) is 53.8 Å². The molecule has 0 fully saturated rings. The molecule has 0 saturated heterocycles. The molecule has 6 heteroatoms. The van der Waals surface area contributed by atoms with Crippen LogP contribution in [0.4, 0.5) is 10.2 Å². The molecule has 3 aromatic rings. The van der Waals surface area contributed by atoms with Crippen LogP contribution in [0.5, 0.6) is 0 Å². The van der Waals surface area contributed by atoms with Crippen molar-refractivity contribution in [3.63, 3.8) is 0 Å². The highest BCUT2D eigenvalue weighted by atomic mass is 19.1. The molecule has 3 rings (SSSR count). The SMILES string of the molecule is CCCCOC(=O)c1ccc2nc(-c3ccc(F)cc3)c(N(C)C(C)C)nc2c1. The molecule has 5 nitrogen and oxygen atoms in total. The summed E-state index contributed by atoms with van der Waals surface area (Å²) in [5.74, 6) is 0.0200. The molecule has 0 aliphatic heterocycles. The van der Waals surface area contributed by atoms with E-state index in [4.69, 9.17) is 14.7 Å². The molecule has 0 saturated carbocycles. The van der Waals surface area contributed by atoms with Gasteiger partial charge < -0.3 is 9.64 Å². The average Bonchev–Trinajstić information content (AvgIpc) is 2.72. The molecule has 1 aromatic heterocycles. The van der Waals surface area contributed by atoms with E-state index in [9.17, 15) is 9.18 Å². The number of benzene rings is 2. The first-order valence-electron chi connectivity index (χ1n) is 9.88. The van der Waals surface area contributed by atoms with E-state index in [1.54, 1.807) is 30.3 Å². The number of halogens is 1. The Morgan fingerprint density at radius 1 is 1.10 bits per heavy atom. The maximum Gasteiger partial charge on any atom is 0.338 e. The number of nitrogens with zero attached hydrogens (tertiary/aromatic N) is 3. The van der Waals surface area contributed by atoms with Gasteiger partial charge in [-0.25, -0.2) is 19.2 Å². The van der Waals surface area contributed by atoms with Crippen molar-refractivity contribution in [2.75, 3.05) is 18.6 Å². The Kier molecular flexibility index (Phi) is 6.42. The van der Waals surface area contributed by atoms with Gasteiger partial charge in [-0.2, -0.15) is 0 Å². The summed E-state index contributed by atoms with van der Waals surface area (Å²) in [5, 5.41) is 0. The smallest absolute Gasteiger partial charge is 0.338 e. The molecule has 2 aromatic carbocycles. The van der Waals surface area contributed by atoms with E-state index >= 15 is 0 Å². The van der Waals surface area contributed by atoms with Crippen LogP contribution in [0.15, 0.2) is 42.5 Å². The number of anilines is 1. The Labute approximate surface area is 170 Å². The molecule has 0 aliphatic carbocycles. The lowest BCUT2D eigenvalue weighted by Gasteiger charge is -2.25. The normalized spacial score (nSPS) is 11.1. The number of carbonyl (C=O) groups excluding carboxylic acids is 1. The predicted octanol–water partition coefficient (Wildman–Crippen LogP) is 5.24. The van der Waals surface area contributed by atoms with Crippen LogP contribution in [0.2, 0.25) is 0 Å². The lowest BCUT2D eigenvalue weighted by Crippen LogP contribution is -2.27.